The first-order valence-corrected chi connectivity index (χ1v) is 31.2. The third-order valence-corrected chi connectivity index (χ3v) is 14.0. The molecule has 6 aromatic rings. The van der Waals surface area contributed by atoms with Crippen molar-refractivity contribution in [3.05, 3.63) is 285 Å². The number of allylic oxidation sites excluding steroid dienone is 6. The van der Waals surface area contributed by atoms with Gasteiger partial charge in [-0.15, -0.1) is 0 Å². The molecule has 26 nitrogen and oxygen atoms in total. The van der Waals surface area contributed by atoms with Gasteiger partial charge in [-0.1, -0.05) is 189 Å². The Bertz CT molecular complexity index is 4140. The van der Waals surface area contributed by atoms with Gasteiger partial charge in [0.2, 0.25) is 34.6 Å². The number of ketones is 8. The van der Waals surface area contributed by atoms with Crippen molar-refractivity contribution in [2.75, 3.05) is 7.11 Å². The summed E-state index contributed by atoms with van der Waals surface area (Å²) in [7, 11) is 1.23. The van der Waals surface area contributed by atoms with Crippen LogP contribution in [0, 0.1) is 25.7 Å². The molecule has 0 bridgehead atoms. The minimum atomic E-state index is -1.61. The number of aryl methyl sites for hydroxylation is 4. The van der Waals surface area contributed by atoms with Crippen LogP contribution in [0.1, 0.15) is 106 Å². The fourth-order valence-electron chi connectivity index (χ4n) is 8.22. The lowest BCUT2D eigenvalue weighted by atomic mass is 9.95. The van der Waals surface area contributed by atoms with Crippen LogP contribution in [0.25, 0.3) is 0 Å². The van der Waals surface area contributed by atoms with Crippen LogP contribution < -0.4 is 0 Å². The van der Waals surface area contributed by atoms with Gasteiger partial charge in [0.1, 0.15) is 0 Å². The molecule has 0 saturated heterocycles. The van der Waals surface area contributed by atoms with E-state index in [1.165, 1.54) is 14.0 Å². The zero-order chi connectivity index (χ0) is 78.6. The minimum absolute atomic E-state index is 0.0125. The number of ether oxygens (including phenoxy) is 1. The SMILES string of the molecule is CC(C(=O)/C=C(\O)C(=O)O)C(=O)c1ccccc1.CC(CC(=O)/C=C(\O)C(=O)O)c1ccccc1.CC(Cc1ccccc1)C(=O)/C=C(\O)C(=O)O.CO/C(=C\C(=O)CCc1ccccc1)C(=O)O.Cc1ccc(C(=O)CC(=O)/C=C(\O)C(=O)O)cc1.Cc1ccccc1CCC(=O)/C=C(\O)C(=O)O. The van der Waals surface area contributed by atoms with Crippen molar-refractivity contribution in [1.29, 1.82) is 0 Å². The lowest BCUT2D eigenvalue weighted by molar-refractivity contribution is -0.137. The maximum atomic E-state index is 11.9. The van der Waals surface area contributed by atoms with Crippen LogP contribution in [-0.4, -0.2) is 145 Å². The summed E-state index contributed by atoms with van der Waals surface area (Å²) in [6.07, 6.45) is 6.16. The second-order valence-electron chi connectivity index (χ2n) is 22.3. The Morgan fingerprint density at radius 1 is 0.385 bits per heavy atom. The van der Waals surface area contributed by atoms with Crippen LogP contribution in [0.2, 0.25) is 0 Å². The van der Waals surface area contributed by atoms with Gasteiger partial charge in [-0.3, -0.25) is 38.4 Å². The summed E-state index contributed by atoms with van der Waals surface area (Å²) in [6, 6.07) is 50.9. The van der Waals surface area contributed by atoms with Crippen LogP contribution in [0.5, 0.6) is 0 Å². The van der Waals surface area contributed by atoms with E-state index in [1.54, 1.807) is 61.5 Å². The summed E-state index contributed by atoms with van der Waals surface area (Å²) in [6.45, 7) is 8.75. The van der Waals surface area contributed by atoms with Gasteiger partial charge in [0.25, 0.3) is 0 Å². The Balaban J connectivity index is 0.000000624. The Hall–Kier alpha value is -13.3. The molecule has 0 radical (unpaired) electrons. The van der Waals surface area contributed by atoms with Crippen molar-refractivity contribution < 1.29 is 128 Å². The number of carboxylic acids is 6. The Labute approximate surface area is 597 Å². The van der Waals surface area contributed by atoms with Crippen LogP contribution in [0.3, 0.4) is 0 Å². The lowest BCUT2D eigenvalue weighted by Gasteiger charge is -2.09. The summed E-state index contributed by atoms with van der Waals surface area (Å²) in [5, 5.41) is 95.2. The number of methoxy groups -OCH3 is 1. The van der Waals surface area contributed by atoms with Gasteiger partial charge < -0.3 is 60.9 Å². The third-order valence-electron chi connectivity index (χ3n) is 14.0. The number of carbonyl (C=O) groups is 14. The molecular weight excluding hydrogens is 1350 g/mol. The monoisotopic (exact) mass is 1430 g/mol. The maximum Gasteiger partial charge on any atom is 0.371 e. The molecular formula is C78H80O26. The normalized spacial score (nSPS) is 12.1. The highest BCUT2D eigenvalue weighted by molar-refractivity contribution is 6.15. The van der Waals surface area contributed by atoms with E-state index in [0.29, 0.717) is 42.5 Å². The molecule has 0 aliphatic rings. The summed E-state index contributed by atoms with van der Waals surface area (Å²) >= 11 is 0. The van der Waals surface area contributed by atoms with Gasteiger partial charge in [0, 0.05) is 72.8 Å². The average Bonchev–Trinajstić information content (AvgIpc) is 0.870. The highest BCUT2D eigenvalue weighted by atomic mass is 16.5. The number of aliphatic carboxylic acids is 6. The van der Waals surface area contributed by atoms with Gasteiger partial charge in [0.15, 0.2) is 46.3 Å². The molecule has 3 atom stereocenters. The summed E-state index contributed by atoms with van der Waals surface area (Å²) < 4.78 is 4.58. The largest absolute Gasteiger partial charge is 0.502 e. The molecule has 6 rings (SSSR count). The standard InChI is InChI=1S/2C13H12O5.4C13H14O4/c1-8-2-4-9(5-3-8)11(15)6-10(14)7-12(16)13(17)18;1-8(10(14)7-11(15)13(17)18)12(16)9-5-3-2-4-6-9;1-9-4-2-3-5-10(9)6-7-11(14)8-12(15)13(16)17;1-9(10-5-3-2-4-6-10)7-11(14)8-12(15)13(16)17;1-9(7-10-5-3-2-4-6-10)11(14)8-12(15)13(16)17;1-17-12(13(15)16)9-11(14)8-7-10-5-3-2-4-6-10/h2-5,7,16H,6H2,1H3,(H,17,18);2-8,15H,1H3,(H,17,18);2-5,8,15H,6-7H2,1H3,(H,16,17);2*2-6,8-9,15H,7H2,1H3,(H,16,17);2-6,9H,7-8H2,1H3,(H,15,16)/b12-7-;11-7-;3*12-8-;12-9-. The van der Waals surface area contributed by atoms with Crippen molar-refractivity contribution in [1.82, 2.24) is 0 Å². The van der Waals surface area contributed by atoms with E-state index >= 15 is 0 Å². The number of hydrogen-bond acceptors (Lipinski definition) is 20. The van der Waals surface area contributed by atoms with Gasteiger partial charge >= 0.3 is 35.8 Å². The van der Waals surface area contributed by atoms with Crippen molar-refractivity contribution in [3.63, 3.8) is 0 Å². The van der Waals surface area contributed by atoms with Gasteiger partial charge in [-0.05, 0) is 73.8 Å². The number of rotatable bonds is 31. The number of benzene rings is 6. The second kappa shape index (κ2) is 47.7. The highest BCUT2D eigenvalue weighted by Gasteiger charge is 2.23. The molecule has 0 saturated carbocycles. The maximum absolute atomic E-state index is 11.9. The predicted octanol–water partition coefficient (Wildman–Crippen LogP) is 11.3. The molecule has 0 heterocycles. The molecule has 0 aliphatic carbocycles. The van der Waals surface area contributed by atoms with E-state index in [-0.39, 0.29) is 42.6 Å². The molecule has 3 unspecified atom stereocenters. The lowest BCUT2D eigenvalue weighted by Crippen LogP contribution is -2.20. The molecule has 0 fully saturated rings. The molecule has 0 spiro atoms. The number of carboxylic acid groups (broad SMARTS) is 6. The number of aliphatic hydroxyl groups is 5. The van der Waals surface area contributed by atoms with Crippen LogP contribution in [0.4, 0.5) is 0 Å². The van der Waals surface area contributed by atoms with Crippen LogP contribution in [0.15, 0.2) is 241 Å². The molecule has 0 aliphatic heterocycles. The minimum Gasteiger partial charge on any atom is -0.502 e. The van der Waals surface area contributed by atoms with E-state index in [1.807, 2.05) is 136 Å². The quantitative estimate of drug-likeness (QED) is 0.00833. The smallest absolute Gasteiger partial charge is 0.371 e. The number of Topliss-reactive ketones (excluding diaryl/α,β-unsaturated/α-hetero) is 2. The molecule has 11 N–H and O–H groups in total. The number of carbonyl (C=O) groups excluding carboxylic acids is 8. The first-order chi connectivity index (χ1) is 49.0. The Kier molecular flexibility index (Phi) is 40.7. The van der Waals surface area contributed by atoms with Gasteiger partial charge in [-0.25, -0.2) is 28.8 Å². The van der Waals surface area contributed by atoms with Crippen molar-refractivity contribution in [2.24, 2.45) is 11.8 Å². The van der Waals surface area contributed by atoms with Crippen LogP contribution >= 0.6 is 0 Å². The number of aliphatic hydroxyl groups excluding tert-OH is 5. The van der Waals surface area contributed by atoms with Crippen molar-refractivity contribution >= 4 is 82.1 Å². The summed E-state index contributed by atoms with van der Waals surface area (Å²) in [5.74, 6) is -19.4. The van der Waals surface area contributed by atoms with Gasteiger partial charge in [0.05, 0.1) is 19.4 Å². The average molecular weight is 1430 g/mol. The number of hydrogen-bond donors (Lipinski definition) is 11. The van der Waals surface area contributed by atoms with Crippen LogP contribution in [-0.2, 0) is 81.5 Å². The zero-order valence-corrected chi connectivity index (χ0v) is 57.4. The Morgan fingerprint density at radius 3 is 1.24 bits per heavy atom. The van der Waals surface area contributed by atoms with E-state index in [4.69, 9.17) is 56.2 Å². The predicted molar refractivity (Wildman–Crippen MR) is 378 cm³/mol. The fourth-order valence-corrected chi connectivity index (χ4v) is 8.22. The fraction of sp³-hybridized carbons (Fsp3) is 0.205. The summed E-state index contributed by atoms with van der Waals surface area (Å²) in [4.78, 5) is 154. The summed E-state index contributed by atoms with van der Waals surface area (Å²) in [5.41, 5.74) is 6.90. The van der Waals surface area contributed by atoms with Crippen molar-refractivity contribution in [2.45, 2.75) is 85.5 Å². The molecule has 6 aromatic carbocycles. The van der Waals surface area contributed by atoms with E-state index in [2.05, 4.69) is 4.74 Å². The zero-order valence-electron chi connectivity index (χ0n) is 57.4. The third kappa shape index (κ3) is 37.1. The highest BCUT2D eigenvalue weighted by Crippen LogP contribution is 2.20. The topological polar surface area (TPSA) is 471 Å². The molecule has 0 amide bonds. The van der Waals surface area contributed by atoms with E-state index in [9.17, 15) is 67.1 Å². The van der Waals surface area contributed by atoms with Gasteiger partial charge in [-0.2, -0.15) is 0 Å². The molecule has 0 aromatic heterocycles. The Morgan fingerprint density at radius 2 is 0.779 bits per heavy atom. The van der Waals surface area contributed by atoms with E-state index in [0.717, 1.165) is 57.7 Å². The molecule has 104 heavy (non-hydrogen) atoms. The second-order valence-corrected chi connectivity index (χ2v) is 22.3. The first kappa shape index (κ1) is 88.8. The van der Waals surface area contributed by atoms with E-state index < -0.39 is 117 Å². The van der Waals surface area contributed by atoms with Crippen molar-refractivity contribution in [3.8, 4) is 0 Å². The first-order valence-electron chi connectivity index (χ1n) is 31.2. The molecule has 548 valence electrons. The molecule has 26 heteroatoms.